The van der Waals surface area contributed by atoms with Crippen molar-refractivity contribution in [2.24, 2.45) is 5.73 Å². The van der Waals surface area contributed by atoms with E-state index in [9.17, 15) is 4.39 Å². The van der Waals surface area contributed by atoms with Gasteiger partial charge < -0.3 is 10.5 Å². The van der Waals surface area contributed by atoms with Crippen molar-refractivity contribution < 1.29 is 9.13 Å². The summed E-state index contributed by atoms with van der Waals surface area (Å²) < 4.78 is 19.1. The molecule has 0 heterocycles. The van der Waals surface area contributed by atoms with Gasteiger partial charge >= 0.3 is 0 Å². The molecule has 0 spiro atoms. The molecule has 1 aromatic rings. The Balaban J connectivity index is 2.10. The molecule has 1 saturated carbocycles. The first-order valence-electron chi connectivity index (χ1n) is 5.91. The number of nitrogens with two attached hydrogens (primary N) is 1. The molecule has 3 nitrogen and oxygen atoms in total. The Bertz CT molecular complexity index is 479. The topological polar surface area (TPSA) is 59.0 Å². The second kappa shape index (κ2) is 5.55. The molecule has 1 fully saturated rings. The van der Waals surface area contributed by atoms with Crippen LogP contribution in [-0.2, 0) is 0 Å². The zero-order chi connectivity index (χ0) is 13.1. The van der Waals surface area contributed by atoms with Gasteiger partial charge in [-0.05, 0) is 31.7 Å². The third-order valence-corrected chi connectivity index (χ3v) is 3.45. The summed E-state index contributed by atoms with van der Waals surface area (Å²) in [6.07, 6.45) is 3.52. The highest BCUT2D eigenvalue weighted by Crippen LogP contribution is 2.31. The van der Waals surface area contributed by atoms with Crippen molar-refractivity contribution in [2.45, 2.75) is 37.8 Å². The van der Waals surface area contributed by atoms with Crippen LogP contribution in [0.2, 0.25) is 5.02 Å². The van der Waals surface area contributed by atoms with Crippen LogP contribution in [0.25, 0.3) is 0 Å². The van der Waals surface area contributed by atoms with Gasteiger partial charge in [0.2, 0.25) is 0 Å². The average molecular weight is 269 g/mol. The molecular weight excluding hydrogens is 255 g/mol. The van der Waals surface area contributed by atoms with E-state index in [2.05, 4.69) is 0 Å². The second-order valence-corrected chi connectivity index (χ2v) is 4.94. The van der Waals surface area contributed by atoms with E-state index in [0.29, 0.717) is 5.75 Å². The Morgan fingerprint density at radius 1 is 1.33 bits per heavy atom. The first-order chi connectivity index (χ1) is 8.60. The fraction of sp³-hybridized carbons (Fsp3) is 0.462. The zero-order valence-corrected chi connectivity index (χ0v) is 10.6. The Kier molecular flexibility index (Phi) is 4.05. The van der Waals surface area contributed by atoms with Crippen LogP contribution in [0.4, 0.5) is 4.39 Å². The van der Waals surface area contributed by atoms with Crippen LogP contribution in [-0.4, -0.2) is 12.1 Å². The van der Waals surface area contributed by atoms with Crippen molar-refractivity contribution in [3.05, 3.63) is 28.5 Å². The smallest absolute Gasteiger partial charge is 0.144 e. The first-order valence-corrected chi connectivity index (χ1v) is 6.29. The van der Waals surface area contributed by atoms with Crippen molar-refractivity contribution in [1.82, 2.24) is 0 Å². The molecule has 96 valence electrons. The molecule has 0 saturated heterocycles. The molecule has 0 amide bonds. The molecule has 0 bridgehead atoms. The lowest BCUT2D eigenvalue weighted by Crippen LogP contribution is -2.31. The van der Waals surface area contributed by atoms with Gasteiger partial charge in [0.15, 0.2) is 0 Å². The summed E-state index contributed by atoms with van der Waals surface area (Å²) >= 11 is 5.96. The summed E-state index contributed by atoms with van der Waals surface area (Å²) in [5, 5.41) is 8.95. The molecule has 1 aliphatic carbocycles. The Hall–Kier alpha value is -1.31. The van der Waals surface area contributed by atoms with E-state index in [0.717, 1.165) is 25.7 Å². The molecule has 1 aromatic carbocycles. The highest BCUT2D eigenvalue weighted by Gasteiger charge is 2.21. The molecule has 0 radical (unpaired) electrons. The van der Waals surface area contributed by atoms with E-state index in [-0.39, 0.29) is 22.7 Å². The second-order valence-electron chi connectivity index (χ2n) is 4.53. The van der Waals surface area contributed by atoms with Gasteiger partial charge in [-0.2, -0.15) is 5.26 Å². The largest absolute Gasteiger partial charge is 0.489 e. The van der Waals surface area contributed by atoms with Crippen LogP contribution in [0, 0.1) is 17.1 Å². The fourth-order valence-corrected chi connectivity index (χ4v) is 2.30. The lowest BCUT2D eigenvalue weighted by Gasteiger charge is -2.27. The minimum absolute atomic E-state index is 0.0228. The predicted octanol–water partition coefficient (Wildman–Crippen LogP) is 3.00. The zero-order valence-electron chi connectivity index (χ0n) is 9.83. The monoisotopic (exact) mass is 268 g/mol. The van der Waals surface area contributed by atoms with E-state index < -0.39 is 5.82 Å². The van der Waals surface area contributed by atoms with E-state index in [1.165, 1.54) is 12.1 Å². The van der Waals surface area contributed by atoms with Crippen molar-refractivity contribution in [3.8, 4) is 11.8 Å². The number of benzene rings is 1. The van der Waals surface area contributed by atoms with Crippen LogP contribution >= 0.6 is 11.6 Å². The number of ether oxygens (including phenoxy) is 1. The summed E-state index contributed by atoms with van der Waals surface area (Å²) in [6.45, 7) is 0. The van der Waals surface area contributed by atoms with E-state index in [1.54, 1.807) is 6.07 Å². The summed E-state index contributed by atoms with van der Waals surface area (Å²) in [5.41, 5.74) is 5.73. The van der Waals surface area contributed by atoms with Gasteiger partial charge in [-0.3, -0.25) is 0 Å². The van der Waals surface area contributed by atoms with E-state index in [4.69, 9.17) is 27.3 Å². The number of hydrogen-bond donors (Lipinski definition) is 1. The van der Waals surface area contributed by atoms with Crippen LogP contribution in [0.1, 0.15) is 31.2 Å². The number of halogens is 2. The van der Waals surface area contributed by atoms with Crippen LogP contribution < -0.4 is 10.5 Å². The SMILES string of the molecule is N#Cc1cc(Cl)c(OC2CCC(N)CC2)cc1F. The van der Waals surface area contributed by atoms with E-state index in [1.807, 2.05) is 0 Å². The average Bonchev–Trinajstić information content (AvgIpc) is 2.36. The van der Waals surface area contributed by atoms with Gasteiger partial charge in [-0.25, -0.2) is 4.39 Å². The van der Waals surface area contributed by atoms with Gasteiger partial charge in [-0.15, -0.1) is 0 Å². The third-order valence-electron chi connectivity index (χ3n) is 3.15. The molecule has 1 aliphatic rings. The molecule has 0 aliphatic heterocycles. The highest BCUT2D eigenvalue weighted by atomic mass is 35.5. The number of nitriles is 1. The first kappa shape index (κ1) is 13.1. The van der Waals surface area contributed by atoms with Crippen LogP contribution in [0.3, 0.4) is 0 Å². The Morgan fingerprint density at radius 3 is 2.61 bits per heavy atom. The Morgan fingerprint density at radius 2 is 2.00 bits per heavy atom. The quantitative estimate of drug-likeness (QED) is 0.897. The van der Waals surface area contributed by atoms with Crippen molar-refractivity contribution >= 4 is 11.6 Å². The van der Waals surface area contributed by atoms with Crippen molar-refractivity contribution in [1.29, 1.82) is 5.26 Å². The number of hydrogen-bond acceptors (Lipinski definition) is 3. The molecule has 2 N–H and O–H groups in total. The molecule has 5 heteroatoms. The van der Waals surface area contributed by atoms with Crippen LogP contribution in [0.15, 0.2) is 12.1 Å². The van der Waals surface area contributed by atoms with Gasteiger partial charge in [0.1, 0.15) is 17.6 Å². The van der Waals surface area contributed by atoms with Crippen LogP contribution in [0.5, 0.6) is 5.75 Å². The van der Waals surface area contributed by atoms with Gasteiger partial charge in [0.25, 0.3) is 0 Å². The van der Waals surface area contributed by atoms with Gasteiger partial charge in [0, 0.05) is 12.1 Å². The normalized spacial score (nSPS) is 23.4. The standard InChI is InChI=1S/C13H14ClFN2O/c14-11-5-8(7-16)12(15)6-13(11)18-10-3-1-9(17)2-4-10/h5-6,9-10H,1-4,17H2. The molecular formula is C13H14ClFN2O. The molecule has 18 heavy (non-hydrogen) atoms. The lowest BCUT2D eigenvalue weighted by molar-refractivity contribution is 0.147. The molecule has 0 atom stereocenters. The minimum Gasteiger partial charge on any atom is -0.489 e. The molecule has 2 rings (SSSR count). The highest BCUT2D eigenvalue weighted by molar-refractivity contribution is 6.32. The number of nitrogens with zero attached hydrogens (tertiary/aromatic N) is 1. The molecule has 0 unspecified atom stereocenters. The maximum atomic E-state index is 13.5. The minimum atomic E-state index is -0.607. The summed E-state index contributed by atoms with van der Waals surface area (Å²) in [7, 11) is 0. The van der Waals surface area contributed by atoms with Crippen molar-refractivity contribution in [2.75, 3.05) is 0 Å². The summed E-state index contributed by atoms with van der Waals surface area (Å²) in [5.74, 6) is -0.307. The molecule has 0 aromatic heterocycles. The predicted molar refractivity (Wildman–Crippen MR) is 67.0 cm³/mol. The maximum absolute atomic E-state index is 13.5. The van der Waals surface area contributed by atoms with Gasteiger partial charge in [-0.1, -0.05) is 11.6 Å². The summed E-state index contributed by atoms with van der Waals surface area (Å²) in [4.78, 5) is 0. The third kappa shape index (κ3) is 2.92. The Labute approximate surface area is 110 Å². The fourth-order valence-electron chi connectivity index (χ4n) is 2.09. The number of rotatable bonds is 2. The van der Waals surface area contributed by atoms with Gasteiger partial charge in [0.05, 0.1) is 16.7 Å². The van der Waals surface area contributed by atoms with E-state index >= 15 is 0 Å². The van der Waals surface area contributed by atoms with Crippen molar-refractivity contribution in [3.63, 3.8) is 0 Å². The maximum Gasteiger partial charge on any atom is 0.144 e. The summed E-state index contributed by atoms with van der Waals surface area (Å²) in [6, 6.07) is 4.44. The lowest BCUT2D eigenvalue weighted by atomic mass is 9.94.